The third-order valence-corrected chi connectivity index (χ3v) is 6.57. The molecule has 2 amide bonds. The predicted molar refractivity (Wildman–Crippen MR) is 148 cm³/mol. The average molecular weight is 520 g/mol. The summed E-state index contributed by atoms with van der Waals surface area (Å²) in [4.78, 5) is 23.6. The Morgan fingerprint density at radius 2 is 1.68 bits per heavy atom. The molecule has 0 saturated heterocycles. The molecule has 0 aliphatic carbocycles. The zero-order valence-corrected chi connectivity index (χ0v) is 22.3. The van der Waals surface area contributed by atoms with E-state index in [0.29, 0.717) is 30.5 Å². The summed E-state index contributed by atoms with van der Waals surface area (Å²) >= 11 is 0. The summed E-state index contributed by atoms with van der Waals surface area (Å²) in [5.74, 6) is -0.0279. The topological polar surface area (TPSA) is 131 Å². The van der Waals surface area contributed by atoms with Gasteiger partial charge in [-0.05, 0) is 73.4 Å². The molecule has 3 aromatic rings. The van der Waals surface area contributed by atoms with Gasteiger partial charge in [-0.15, -0.1) is 0 Å². The third-order valence-electron chi connectivity index (χ3n) is 6.57. The number of aliphatic hydroxyl groups is 1. The van der Waals surface area contributed by atoms with Gasteiger partial charge in [-0.25, -0.2) is 0 Å². The Morgan fingerprint density at radius 1 is 0.974 bits per heavy atom. The van der Waals surface area contributed by atoms with Gasteiger partial charge in [-0.2, -0.15) is 0 Å². The Morgan fingerprint density at radius 3 is 2.37 bits per heavy atom. The molecule has 0 aromatic heterocycles. The van der Waals surface area contributed by atoms with Crippen molar-refractivity contribution in [2.24, 2.45) is 0 Å². The normalized spacial score (nSPS) is 12.6. The molecule has 38 heavy (non-hydrogen) atoms. The molecule has 1 atom stereocenters. The van der Waals surface area contributed by atoms with Crippen LogP contribution >= 0.6 is 0 Å². The first-order valence-corrected chi connectivity index (χ1v) is 12.5. The number of phenols is 2. The summed E-state index contributed by atoms with van der Waals surface area (Å²) in [7, 11) is 0. The van der Waals surface area contributed by atoms with Gasteiger partial charge in [0.1, 0.15) is 11.5 Å². The SMILES string of the molecule is CC(C)(Cc1cccc(C(=O)NCC(C)(C)c2ccc(O)cc2)c1)NC[C@@H](O)c1ccc(O)c(NC=O)c1. The second-order valence-corrected chi connectivity index (χ2v) is 10.8. The van der Waals surface area contributed by atoms with Crippen molar-refractivity contribution in [3.63, 3.8) is 0 Å². The van der Waals surface area contributed by atoms with E-state index < -0.39 is 11.6 Å². The molecule has 3 rings (SSSR count). The highest BCUT2D eigenvalue weighted by atomic mass is 16.3. The molecule has 0 saturated carbocycles. The number of benzene rings is 3. The lowest BCUT2D eigenvalue weighted by atomic mass is 9.84. The number of amides is 2. The summed E-state index contributed by atoms with van der Waals surface area (Å²) < 4.78 is 0. The van der Waals surface area contributed by atoms with Crippen molar-refractivity contribution in [3.8, 4) is 11.5 Å². The van der Waals surface area contributed by atoms with E-state index in [4.69, 9.17) is 0 Å². The molecule has 0 bridgehead atoms. The van der Waals surface area contributed by atoms with Crippen molar-refractivity contribution < 1.29 is 24.9 Å². The first-order chi connectivity index (χ1) is 17.9. The number of anilines is 1. The maximum absolute atomic E-state index is 12.9. The van der Waals surface area contributed by atoms with Crippen LogP contribution in [0.3, 0.4) is 0 Å². The minimum Gasteiger partial charge on any atom is -0.508 e. The first kappa shape index (κ1) is 28.7. The highest BCUT2D eigenvalue weighted by Gasteiger charge is 2.23. The van der Waals surface area contributed by atoms with Crippen LogP contribution in [0.1, 0.15) is 60.8 Å². The van der Waals surface area contributed by atoms with Gasteiger partial charge in [0.25, 0.3) is 5.91 Å². The van der Waals surface area contributed by atoms with Crippen LogP contribution in [0.25, 0.3) is 0 Å². The van der Waals surface area contributed by atoms with E-state index in [1.165, 1.54) is 12.1 Å². The second-order valence-electron chi connectivity index (χ2n) is 10.8. The second kappa shape index (κ2) is 12.1. The van der Waals surface area contributed by atoms with E-state index in [1.54, 1.807) is 24.3 Å². The monoisotopic (exact) mass is 519 g/mol. The van der Waals surface area contributed by atoms with Gasteiger partial charge in [0.15, 0.2) is 0 Å². The minimum atomic E-state index is -0.851. The lowest BCUT2D eigenvalue weighted by molar-refractivity contribution is -0.105. The Bertz CT molecular complexity index is 1250. The van der Waals surface area contributed by atoms with Crippen LogP contribution in [0.15, 0.2) is 66.7 Å². The smallest absolute Gasteiger partial charge is 0.251 e. The summed E-state index contributed by atoms with van der Waals surface area (Å²) in [6.45, 7) is 8.80. The summed E-state index contributed by atoms with van der Waals surface area (Å²) in [5.41, 5.74) is 2.65. The van der Waals surface area contributed by atoms with Gasteiger partial charge in [0, 0.05) is 29.6 Å². The minimum absolute atomic E-state index is 0.0748. The van der Waals surface area contributed by atoms with Gasteiger partial charge >= 0.3 is 0 Å². The van der Waals surface area contributed by atoms with Crippen LogP contribution in [0.2, 0.25) is 0 Å². The van der Waals surface area contributed by atoms with Crippen molar-refractivity contribution in [1.29, 1.82) is 0 Å². The Labute approximate surface area is 223 Å². The van der Waals surface area contributed by atoms with Crippen molar-refractivity contribution in [2.45, 2.75) is 51.2 Å². The van der Waals surface area contributed by atoms with Gasteiger partial charge in [-0.3, -0.25) is 9.59 Å². The summed E-state index contributed by atoms with van der Waals surface area (Å²) in [6.07, 6.45) is 0.237. The van der Waals surface area contributed by atoms with Crippen LogP contribution in [0.5, 0.6) is 11.5 Å². The van der Waals surface area contributed by atoms with E-state index in [0.717, 1.165) is 11.1 Å². The van der Waals surface area contributed by atoms with Crippen molar-refractivity contribution in [2.75, 3.05) is 18.4 Å². The fraction of sp³-hybridized carbons (Fsp3) is 0.333. The van der Waals surface area contributed by atoms with Crippen LogP contribution in [0, 0.1) is 0 Å². The van der Waals surface area contributed by atoms with E-state index in [2.05, 4.69) is 16.0 Å². The van der Waals surface area contributed by atoms with E-state index in [9.17, 15) is 24.9 Å². The number of hydrogen-bond acceptors (Lipinski definition) is 6. The molecule has 0 spiro atoms. The quantitative estimate of drug-likeness (QED) is 0.158. The third kappa shape index (κ3) is 7.81. The number of carbonyl (C=O) groups is 2. The lowest BCUT2D eigenvalue weighted by Gasteiger charge is -2.28. The molecule has 3 aromatic carbocycles. The number of aliphatic hydroxyl groups excluding tert-OH is 1. The average Bonchev–Trinajstić information content (AvgIpc) is 2.87. The predicted octanol–water partition coefficient (Wildman–Crippen LogP) is 4.02. The van der Waals surface area contributed by atoms with Gasteiger partial charge in [-0.1, -0.05) is 44.2 Å². The molecule has 6 N–H and O–H groups in total. The number of β-amino-alcohol motifs (C(OH)–C–C–N with tert-alkyl or cyclic N) is 1. The van der Waals surface area contributed by atoms with Gasteiger partial charge in [0.2, 0.25) is 6.41 Å². The highest BCUT2D eigenvalue weighted by molar-refractivity contribution is 5.94. The molecule has 0 heterocycles. The van der Waals surface area contributed by atoms with Gasteiger partial charge in [0.05, 0.1) is 11.8 Å². The van der Waals surface area contributed by atoms with E-state index in [1.807, 2.05) is 58.0 Å². The van der Waals surface area contributed by atoms with Crippen molar-refractivity contribution >= 4 is 18.0 Å². The highest BCUT2D eigenvalue weighted by Crippen LogP contribution is 2.27. The molecule has 0 unspecified atom stereocenters. The lowest BCUT2D eigenvalue weighted by Crippen LogP contribution is -2.43. The maximum atomic E-state index is 12.9. The fourth-order valence-corrected chi connectivity index (χ4v) is 4.24. The van der Waals surface area contributed by atoms with Crippen LogP contribution in [-0.4, -0.2) is 46.3 Å². The number of carbonyl (C=O) groups excluding carboxylic acids is 2. The molecular weight excluding hydrogens is 482 g/mol. The molecule has 8 nitrogen and oxygen atoms in total. The standard InChI is InChI=1S/C30H37N3O5/c1-29(2,23-9-11-24(35)12-10-23)18-31-28(38)22-7-5-6-20(14-22)16-30(3,4)33-17-27(37)21-8-13-26(36)25(15-21)32-19-34/h5-15,19,27,33,35-37H,16-18H2,1-4H3,(H,31,38)(H,32,34)/t27-/m1/s1. The number of phenolic OH excluding ortho intramolecular Hbond substituents is 2. The molecule has 0 aliphatic rings. The molecule has 0 fully saturated rings. The zero-order valence-electron chi connectivity index (χ0n) is 22.3. The molecule has 8 heteroatoms. The number of rotatable bonds is 12. The maximum Gasteiger partial charge on any atom is 0.251 e. The number of nitrogens with one attached hydrogen (secondary N) is 3. The van der Waals surface area contributed by atoms with Crippen molar-refractivity contribution in [3.05, 3.63) is 89.0 Å². The fourth-order valence-electron chi connectivity index (χ4n) is 4.24. The van der Waals surface area contributed by atoms with E-state index >= 15 is 0 Å². The first-order valence-electron chi connectivity index (χ1n) is 12.5. The largest absolute Gasteiger partial charge is 0.508 e. The van der Waals surface area contributed by atoms with E-state index in [-0.39, 0.29) is 35.1 Å². The zero-order chi connectivity index (χ0) is 27.9. The Hall–Kier alpha value is -3.88. The molecule has 202 valence electrons. The Balaban J connectivity index is 1.58. The molecule has 0 radical (unpaired) electrons. The van der Waals surface area contributed by atoms with Crippen molar-refractivity contribution in [1.82, 2.24) is 10.6 Å². The molecular formula is C30H37N3O5. The number of aromatic hydroxyl groups is 2. The Kier molecular flexibility index (Phi) is 9.14. The number of hydrogen-bond donors (Lipinski definition) is 6. The van der Waals surface area contributed by atoms with Crippen LogP contribution in [-0.2, 0) is 16.6 Å². The van der Waals surface area contributed by atoms with Crippen LogP contribution < -0.4 is 16.0 Å². The van der Waals surface area contributed by atoms with Gasteiger partial charge < -0.3 is 31.3 Å². The molecule has 0 aliphatic heterocycles. The summed E-state index contributed by atoms with van der Waals surface area (Å²) in [6, 6.07) is 19.1. The van der Waals surface area contributed by atoms with Crippen LogP contribution in [0.4, 0.5) is 5.69 Å². The summed E-state index contributed by atoms with van der Waals surface area (Å²) in [5, 5.41) is 38.8.